The number of amides is 1. The van der Waals surface area contributed by atoms with Crippen molar-refractivity contribution in [3.05, 3.63) is 81.6 Å². The van der Waals surface area contributed by atoms with E-state index in [1.54, 1.807) is 23.9 Å². The minimum atomic E-state index is -1.42. The van der Waals surface area contributed by atoms with Crippen molar-refractivity contribution in [2.45, 2.75) is 20.8 Å². The van der Waals surface area contributed by atoms with E-state index >= 15 is 0 Å². The van der Waals surface area contributed by atoms with Crippen LogP contribution in [0, 0.1) is 13.8 Å². The van der Waals surface area contributed by atoms with Crippen molar-refractivity contribution in [3.63, 3.8) is 0 Å². The molecule has 1 aromatic heterocycles. The van der Waals surface area contributed by atoms with Crippen molar-refractivity contribution in [1.29, 1.82) is 0 Å². The van der Waals surface area contributed by atoms with Crippen LogP contribution in [0.3, 0.4) is 0 Å². The maximum atomic E-state index is 13.0. The predicted octanol–water partition coefficient (Wildman–Crippen LogP) is 3.31. The molecule has 31 heavy (non-hydrogen) atoms. The first-order chi connectivity index (χ1) is 14.7. The molecule has 1 aliphatic rings. The lowest BCUT2D eigenvalue weighted by molar-refractivity contribution is -0.255. The van der Waals surface area contributed by atoms with Crippen LogP contribution in [0.2, 0.25) is 5.02 Å². The quantitative estimate of drug-likeness (QED) is 0.590. The number of aryl methyl sites for hydroxylation is 2. The molecule has 3 aromatic rings. The molecule has 8 heteroatoms. The molecule has 0 saturated heterocycles. The number of benzene rings is 2. The zero-order valence-corrected chi connectivity index (χ0v) is 17.8. The second-order valence-corrected chi connectivity index (χ2v) is 7.71. The van der Waals surface area contributed by atoms with Crippen molar-refractivity contribution in [2.75, 3.05) is 5.01 Å². The Bertz CT molecular complexity index is 1290. The molecule has 0 bridgehead atoms. The van der Waals surface area contributed by atoms with Crippen LogP contribution in [0.4, 0.5) is 5.69 Å². The van der Waals surface area contributed by atoms with Crippen LogP contribution < -0.4 is 10.1 Å². The van der Waals surface area contributed by atoms with Crippen molar-refractivity contribution in [3.8, 4) is 5.69 Å². The van der Waals surface area contributed by atoms with Crippen LogP contribution in [-0.4, -0.2) is 27.4 Å². The van der Waals surface area contributed by atoms with Gasteiger partial charge in [0.15, 0.2) is 0 Å². The van der Waals surface area contributed by atoms with E-state index in [9.17, 15) is 14.7 Å². The first kappa shape index (κ1) is 20.6. The van der Waals surface area contributed by atoms with E-state index in [0.717, 1.165) is 21.8 Å². The third-order valence-corrected chi connectivity index (χ3v) is 5.48. The summed E-state index contributed by atoms with van der Waals surface area (Å²) in [5, 5.41) is 21.1. The van der Waals surface area contributed by atoms with Crippen LogP contribution in [0.15, 0.2) is 59.5 Å². The molecule has 1 amide bonds. The highest BCUT2D eigenvalue weighted by Crippen LogP contribution is 2.28. The number of carbonyl (C=O) groups is 2. The van der Waals surface area contributed by atoms with Gasteiger partial charge >= 0.3 is 0 Å². The molecule has 0 N–H and O–H groups in total. The van der Waals surface area contributed by atoms with E-state index in [-0.39, 0.29) is 16.5 Å². The number of carboxylic acids is 1. The zero-order valence-electron chi connectivity index (χ0n) is 17.1. The summed E-state index contributed by atoms with van der Waals surface area (Å²) in [6, 6.07) is 10.3. The molecule has 0 saturated carbocycles. The van der Waals surface area contributed by atoms with Crippen LogP contribution >= 0.6 is 11.6 Å². The van der Waals surface area contributed by atoms with Gasteiger partial charge in [-0.15, -0.1) is 0 Å². The molecular formula is C23H18ClN4O3-. The Morgan fingerprint density at radius 2 is 1.81 bits per heavy atom. The topological polar surface area (TPSA) is 90.6 Å². The Morgan fingerprint density at radius 3 is 2.52 bits per heavy atom. The van der Waals surface area contributed by atoms with Gasteiger partial charge in [-0.3, -0.25) is 4.79 Å². The van der Waals surface area contributed by atoms with E-state index in [1.807, 2.05) is 38.2 Å². The van der Waals surface area contributed by atoms with Gasteiger partial charge in [0.1, 0.15) is 0 Å². The molecular weight excluding hydrogens is 416 g/mol. The normalized spacial score (nSPS) is 15.0. The number of hydrogen-bond donors (Lipinski definition) is 0. The number of nitrogens with zero attached hydrogens (tertiary/aromatic N) is 4. The smallest absolute Gasteiger partial charge is 0.280 e. The monoisotopic (exact) mass is 433 g/mol. The Labute approximate surface area is 183 Å². The molecule has 156 valence electrons. The molecule has 0 fully saturated rings. The van der Waals surface area contributed by atoms with Crippen molar-refractivity contribution < 1.29 is 14.7 Å². The SMILES string of the molecule is CC1=NN(c2ccc(Cl)c(C(=O)[O-])c2)C(=O)/C1=C\c1cnn(-c2ccc(C)c(C)c2)c1. The summed E-state index contributed by atoms with van der Waals surface area (Å²) in [6.07, 6.45) is 5.21. The van der Waals surface area contributed by atoms with Crippen LogP contribution in [0.25, 0.3) is 11.8 Å². The standard InChI is InChI=1S/C23H19ClN4O3/c1-13-4-5-17(8-14(13)2)27-12-16(11-25-27)9-19-15(3)26-28(22(19)29)18-6-7-21(24)20(10-18)23(30)31/h4-12H,1-3H3,(H,30,31)/p-1/b19-9-. The van der Waals surface area contributed by atoms with Gasteiger partial charge in [-0.25, -0.2) is 4.68 Å². The Morgan fingerprint density at radius 1 is 1.06 bits per heavy atom. The largest absolute Gasteiger partial charge is 0.545 e. The average Bonchev–Trinajstić information content (AvgIpc) is 3.30. The summed E-state index contributed by atoms with van der Waals surface area (Å²) in [6.45, 7) is 5.81. The molecule has 0 aliphatic carbocycles. The lowest BCUT2D eigenvalue weighted by Gasteiger charge is -2.14. The van der Waals surface area contributed by atoms with E-state index in [4.69, 9.17) is 11.6 Å². The summed E-state index contributed by atoms with van der Waals surface area (Å²) in [5.41, 5.74) is 5.02. The van der Waals surface area contributed by atoms with Gasteiger partial charge in [-0.2, -0.15) is 15.2 Å². The Kier molecular flexibility index (Phi) is 5.20. The molecule has 2 heterocycles. The minimum absolute atomic E-state index is 0.0330. The third kappa shape index (κ3) is 3.87. The molecule has 0 spiro atoms. The maximum absolute atomic E-state index is 13.0. The lowest BCUT2D eigenvalue weighted by atomic mass is 10.1. The van der Waals surface area contributed by atoms with Gasteiger partial charge in [-0.1, -0.05) is 17.7 Å². The number of halogens is 1. The van der Waals surface area contributed by atoms with E-state index in [0.29, 0.717) is 17.0 Å². The molecule has 1 aliphatic heterocycles. The summed E-state index contributed by atoms with van der Waals surface area (Å²) in [4.78, 5) is 24.2. The zero-order chi connectivity index (χ0) is 22.3. The van der Waals surface area contributed by atoms with Crippen LogP contribution in [0.5, 0.6) is 0 Å². The van der Waals surface area contributed by atoms with Crippen molar-refractivity contribution in [2.24, 2.45) is 5.10 Å². The number of aromatic carboxylic acids is 1. The minimum Gasteiger partial charge on any atom is -0.545 e. The summed E-state index contributed by atoms with van der Waals surface area (Å²) < 4.78 is 1.74. The average molecular weight is 434 g/mol. The highest BCUT2D eigenvalue weighted by Gasteiger charge is 2.29. The molecule has 7 nitrogen and oxygen atoms in total. The molecule has 0 radical (unpaired) electrons. The van der Waals surface area contributed by atoms with Gasteiger partial charge in [0.05, 0.1) is 34.8 Å². The first-order valence-electron chi connectivity index (χ1n) is 9.49. The number of hydrazone groups is 1. The number of anilines is 1. The van der Waals surface area contributed by atoms with Crippen LogP contribution in [0.1, 0.15) is 34.0 Å². The fraction of sp³-hybridized carbons (Fsp3) is 0.130. The molecule has 0 unspecified atom stereocenters. The molecule has 4 rings (SSSR count). The molecule has 2 aromatic carbocycles. The Hall–Kier alpha value is -3.71. The first-order valence-corrected chi connectivity index (χ1v) is 9.87. The van der Waals surface area contributed by atoms with Gasteiger partial charge in [0.2, 0.25) is 0 Å². The van der Waals surface area contributed by atoms with Gasteiger partial charge in [0.25, 0.3) is 5.91 Å². The summed E-state index contributed by atoms with van der Waals surface area (Å²) >= 11 is 5.89. The highest BCUT2D eigenvalue weighted by molar-refractivity contribution is 6.34. The van der Waals surface area contributed by atoms with Gasteiger partial charge in [0, 0.05) is 22.3 Å². The van der Waals surface area contributed by atoms with Gasteiger partial charge in [-0.05, 0) is 68.3 Å². The van der Waals surface area contributed by atoms with E-state index in [1.165, 1.54) is 23.8 Å². The second kappa shape index (κ2) is 7.85. The fourth-order valence-corrected chi connectivity index (χ4v) is 3.44. The number of rotatable bonds is 4. The number of hydrogen-bond acceptors (Lipinski definition) is 5. The lowest BCUT2D eigenvalue weighted by Crippen LogP contribution is -2.25. The summed E-state index contributed by atoms with van der Waals surface area (Å²) in [5.74, 6) is -1.79. The van der Waals surface area contributed by atoms with Crippen molar-refractivity contribution in [1.82, 2.24) is 9.78 Å². The summed E-state index contributed by atoms with van der Waals surface area (Å²) in [7, 11) is 0. The second-order valence-electron chi connectivity index (χ2n) is 7.30. The number of carboxylic acid groups (broad SMARTS) is 1. The number of aromatic nitrogens is 2. The fourth-order valence-electron chi connectivity index (χ4n) is 3.25. The van der Waals surface area contributed by atoms with E-state index < -0.39 is 5.97 Å². The van der Waals surface area contributed by atoms with E-state index in [2.05, 4.69) is 10.2 Å². The predicted molar refractivity (Wildman–Crippen MR) is 117 cm³/mol. The van der Waals surface area contributed by atoms with Crippen molar-refractivity contribution >= 4 is 41.0 Å². The highest BCUT2D eigenvalue weighted by atomic mass is 35.5. The third-order valence-electron chi connectivity index (χ3n) is 5.15. The molecule has 0 atom stereocenters. The van der Waals surface area contributed by atoms with Gasteiger partial charge < -0.3 is 9.90 Å². The number of carbonyl (C=O) groups excluding carboxylic acids is 2. The Balaban J connectivity index is 1.63. The maximum Gasteiger partial charge on any atom is 0.280 e. The van der Waals surface area contributed by atoms with Crippen LogP contribution in [-0.2, 0) is 4.79 Å².